The van der Waals surface area contributed by atoms with Crippen LogP contribution in [0.2, 0.25) is 0 Å². The summed E-state index contributed by atoms with van der Waals surface area (Å²) in [6.07, 6.45) is 1.75. The second-order valence-electron chi connectivity index (χ2n) is 7.60. The third-order valence-corrected chi connectivity index (χ3v) is 5.43. The normalized spacial score (nSPS) is 17.2. The van der Waals surface area contributed by atoms with Gasteiger partial charge in [-0.15, -0.1) is 0 Å². The van der Waals surface area contributed by atoms with Crippen LogP contribution in [0.15, 0.2) is 59.3 Å². The maximum absolute atomic E-state index is 12.9. The molecule has 0 spiro atoms. The lowest BCUT2D eigenvalue weighted by Crippen LogP contribution is -2.50. The number of hydrogen-bond donors (Lipinski definition) is 1. The van der Waals surface area contributed by atoms with Gasteiger partial charge in [-0.3, -0.25) is 9.89 Å². The number of piperazine rings is 1. The van der Waals surface area contributed by atoms with Gasteiger partial charge in [-0.1, -0.05) is 23.4 Å². The molecule has 9 heteroatoms. The van der Waals surface area contributed by atoms with Crippen LogP contribution in [0.3, 0.4) is 0 Å². The Morgan fingerprint density at radius 3 is 2.97 bits per heavy atom. The maximum Gasteiger partial charge on any atom is 0.261 e. The van der Waals surface area contributed by atoms with Crippen LogP contribution in [0.25, 0.3) is 22.3 Å². The Hall–Kier alpha value is -3.72. The van der Waals surface area contributed by atoms with E-state index in [9.17, 15) is 4.79 Å². The van der Waals surface area contributed by atoms with E-state index >= 15 is 0 Å². The van der Waals surface area contributed by atoms with E-state index in [2.05, 4.69) is 25.2 Å². The summed E-state index contributed by atoms with van der Waals surface area (Å²) in [5.41, 5.74) is 1.77. The monoisotopic (exact) mass is 418 g/mol. The minimum atomic E-state index is -0.329. The minimum Gasteiger partial charge on any atom is -0.484 e. The van der Waals surface area contributed by atoms with Gasteiger partial charge in [0.1, 0.15) is 11.8 Å². The van der Waals surface area contributed by atoms with Crippen LogP contribution in [-0.2, 0) is 4.79 Å². The highest BCUT2D eigenvalue weighted by molar-refractivity contribution is 5.82. The summed E-state index contributed by atoms with van der Waals surface area (Å²) in [5, 5.41) is 12.1. The molecule has 2 aromatic carbocycles. The molecule has 4 aromatic rings. The lowest BCUT2D eigenvalue weighted by Gasteiger charge is -2.37. The van der Waals surface area contributed by atoms with E-state index in [1.807, 2.05) is 55.6 Å². The molecule has 3 heterocycles. The zero-order valence-electron chi connectivity index (χ0n) is 17.1. The molecule has 1 unspecified atom stereocenters. The first-order valence-electron chi connectivity index (χ1n) is 10.1. The molecule has 1 saturated heterocycles. The summed E-state index contributed by atoms with van der Waals surface area (Å²) >= 11 is 0. The number of carbonyl (C=O) groups excluding carboxylic acids is 1. The predicted molar refractivity (Wildman–Crippen MR) is 113 cm³/mol. The number of hydrogen-bond acceptors (Lipinski definition) is 7. The van der Waals surface area contributed by atoms with Crippen molar-refractivity contribution in [1.82, 2.24) is 30.1 Å². The number of H-pyrrole nitrogens is 1. The average Bonchev–Trinajstić information content (AvgIpc) is 3.47. The van der Waals surface area contributed by atoms with Crippen LogP contribution in [0.5, 0.6) is 5.75 Å². The van der Waals surface area contributed by atoms with Crippen molar-refractivity contribution >= 4 is 16.8 Å². The number of nitrogens with zero attached hydrogens (tertiary/aromatic N) is 5. The second kappa shape index (κ2) is 8.19. The van der Waals surface area contributed by atoms with Gasteiger partial charge in [0.2, 0.25) is 5.82 Å². The molecule has 0 aliphatic carbocycles. The topological polar surface area (TPSA) is 100 Å². The summed E-state index contributed by atoms with van der Waals surface area (Å²) in [5.74, 6) is 1.46. The maximum atomic E-state index is 12.9. The third-order valence-electron chi connectivity index (χ3n) is 5.43. The van der Waals surface area contributed by atoms with Gasteiger partial charge in [0.15, 0.2) is 6.61 Å². The molecule has 0 radical (unpaired) electrons. The Kier molecular flexibility index (Phi) is 5.09. The van der Waals surface area contributed by atoms with E-state index in [-0.39, 0.29) is 18.6 Å². The quantitative estimate of drug-likeness (QED) is 0.531. The van der Waals surface area contributed by atoms with Crippen LogP contribution in [0.4, 0.5) is 0 Å². The third kappa shape index (κ3) is 3.99. The summed E-state index contributed by atoms with van der Waals surface area (Å²) in [7, 11) is 2.01. The molecule has 1 fully saturated rings. The molecule has 1 atom stereocenters. The molecule has 158 valence electrons. The van der Waals surface area contributed by atoms with Gasteiger partial charge in [-0.2, -0.15) is 10.1 Å². The van der Waals surface area contributed by atoms with Gasteiger partial charge in [0.05, 0.1) is 11.7 Å². The van der Waals surface area contributed by atoms with E-state index < -0.39 is 0 Å². The standard InChI is InChI=1S/C22H22N6O3/c1-27-9-10-28(20(29)14-30-17-5-3-2-4-6-17)19(13-27)22-24-21(26-31-22)15-7-8-18-16(11-15)12-23-25-18/h2-8,11-12,19H,9-10,13-14H2,1H3,(H,23,25). The van der Waals surface area contributed by atoms with Crippen LogP contribution in [0, 0.1) is 0 Å². The van der Waals surface area contributed by atoms with Gasteiger partial charge >= 0.3 is 0 Å². The minimum absolute atomic E-state index is 0.0393. The number of ether oxygens (including phenoxy) is 1. The zero-order chi connectivity index (χ0) is 21.2. The molecule has 5 rings (SSSR count). The molecule has 1 amide bonds. The molecule has 0 saturated carbocycles. The first-order chi connectivity index (χ1) is 15.2. The molecular formula is C22H22N6O3. The summed E-state index contributed by atoms with van der Waals surface area (Å²) in [4.78, 5) is 21.5. The van der Waals surface area contributed by atoms with E-state index in [1.165, 1.54) is 0 Å². The van der Waals surface area contributed by atoms with Gasteiger partial charge in [0, 0.05) is 30.6 Å². The van der Waals surface area contributed by atoms with Crippen molar-refractivity contribution in [2.75, 3.05) is 33.3 Å². The molecule has 1 aliphatic rings. The van der Waals surface area contributed by atoms with Crippen molar-refractivity contribution in [3.8, 4) is 17.1 Å². The van der Waals surface area contributed by atoms with Crippen LogP contribution in [-0.4, -0.2) is 69.3 Å². The Balaban J connectivity index is 1.35. The highest BCUT2D eigenvalue weighted by Gasteiger charge is 2.34. The van der Waals surface area contributed by atoms with E-state index in [0.29, 0.717) is 30.6 Å². The number of nitrogens with one attached hydrogen (secondary N) is 1. The number of benzene rings is 2. The summed E-state index contributed by atoms with van der Waals surface area (Å²) in [6.45, 7) is 1.91. The van der Waals surface area contributed by atoms with Gasteiger partial charge < -0.3 is 19.1 Å². The smallest absolute Gasteiger partial charge is 0.261 e. The lowest BCUT2D eigenvalue weighted by atomic mass is 10.1. The van der Waals surface area contributed by atoms with Crippen LogP contribution >= 0.6 is 0 Å². The van der Waals surface area contributed by atoms with Crippen LogP contribution < -0.4 is 4.74 Å². The number of para-hydroxylation sites is 1. The Bertz CT molecular complexity index is 1190. The largest absolute Gasteiger partial charge is 0.484 e. The van der Waals surface area contributed by atoms with Crippen molar-refractivity contribution in [3.05, 3.63) is 60.6 Å². The second-order valence-corrected chi connectivity index (χ2v) is 7.60. The Morgan fingerprint density at radius 2 is 2.10 bits per heavy atom. The molecular weight excluding hydrogens is 396 g/mol. The molecule has 31 heavy (non-hydrogen) atoms. The number of amides is 1. The highest BCUT2D eigenvalue weighted by Crippen LogP contribution is 2.27. The van der Waals surface area contributed by atoms with Crippen molar-refractivity contribution < 1.29 is 14.1 Å². The van der Waals surface area contributed by atoms with Crippen molar-refractivity contribution in [3.63, 3.8) is 0 Å². The zero-order valence-corrected chi connectivity index (χ0v) is 17.1. The Morgan fingerprint density at radius 1 is 1.23 bits per heavy atom. The molecule has 2 aromatic heterocycles. The lowest BCUT2D eigenvalue weighted by molar-refractivity contribution is -0.139. The number of carbonyl (C=O) groups is 1. The van der Waals surface area contributed by atoms with Gasteiger partial charge in [-0.25, -0.2) is 0 Å². The van der Waals surface area contributed by atoms with Crippen molar-refractivity contribution in [1.29, 1.82) is 0 Å². The summed E-state index contributed by atoms with van der Waals surface area (Å²) in [6, 6.07) is 14.8. The number of fused-ring (bicyclic) bond motifs is 1. The van der Waals surface area contributed by atoms with E-state index in [4.69, 9.17) is 9.26 Å². The molecule has 9 nitrogen and oxygen atoms in total. The Labute approximate surface area is 178 Å². The van der Waals surface area contributed by atoms with Gasteiger partial charge in [-0.05, 0) is 37.4 Å². The van der Waals surface area contributed by atoms with Crippen LogP contribution in [0.1, 0.15) is 11.9 Å². The first-order valence-corrected chi connectivity index (χ1v) is 10.1. The molecule has 1 aliphatic heterocycles. The number of rotatable bonds is 5. The fraction of sp³-hybridized carbons (Fsp3) is 0.273. The first kappa shape index (κ1) is 19.3. The predicted octanol–water partition coefficient (Wildman–Crippen LogP) is 2.51. The fourth-order valence-corrected chi connectivity index (χ4v) is 3.74. The SMILES string of the molecule is CN1CCN(C(=O)COc2ccccc2)C(c2nc(-c3ccc4[nH]ncc4c3)no2)C1. The van der Waals surface area contributed by atoms with Gasteiger partial charge in [0.25, 0.3) is 11.8 Å². The number of likely N-dealkylation sites (N-methyl/N-ethyl adjacent to an activating group) is 1. The fourth-order valence-electron chi connectivity index (χ4n) is 3.74. The number of aromatic nitrogens is 4. The molecule has 0 bridgehead atoms. The average molecular weight is 418 g/mol. The number of aromatic amines is 1. The van der Waals surface area contributed by atoms with E-state index in [1.54, 1.807) is 11.1 Å². The van der Waals surface area contributed by atoms with E-state index in [0.717, 1.165) is 23.0 Å². The van der Waals surface area contributed by atoms with Crippen molar-refractivity contribution in [2.24, 2.45) is 0 Å². The molecule has 1 N–H and O–H groups in total. The summed E-state index contributed by atoms with van der Waals surface area (Å²) < 4.78 is 11.3. The van der Waals surface area contributed by atoms with Crippen molar-refractivity contribution in [2.45, 2.75) is 6.04 Å². The highest BCUT2D eigenvalue weighted by atomic mass is 16.5.